The Bertz CT molecular complexity index is 573. The summed E-state index contributed by atoms with van der Waals surface area (Å²) in [6.07, 6.45) is -0.0145. The fourth-order valence-corrected chi connectivity index (χ4v) is 2.12. The van der Waals surface area contributed by atoms with Crippen LogP contribution in [0.2, 0.25) is 5.02 Å². The van der Waals surface area contributed by atoms with E-state index in [0.717, 1.165) is 0 Å². The van der Waals surface area contributed by atoms with Gasteiger partial charge in [0.25, 0.3) is 0 Å². The molecule has 106 valence electrons. The minimum absolute atomic E-state index is 0.0145. The van der Waals surface area contributed by atoms with Crippen molar-refractivity contribution in [2.45, 2.75) is 19.4 Å². The van der Waals surface area contributed by atoms with Crippen molar-refractivity contribution < 1.29 is 19.4 Å². The highest BCUT2D eigenvalue weighted by molar-refractivity contribution is 6.38. The summed E-state index contributed by atoms with van der Waals surface area (Å²) in [5, 5.41) is 14.9. The van der Waals surface area contributed by atoms with Gasteiger partial charge in [0.1, 0.15) is 5.71 Å². The van der Waals surface area contributed by atoms with Gasteiger partial charge in [-0.05, 0) is 19.1 Å². The van der Waals surface area contributed by atoms with Gasteiger partial charge in [-0.3, -0.25) is 0 Å². The lowest BCUT2D eigenvalue weighted by Gasteiger charge is -2.20. The van der Waals surface area contributed by atoms with E-state index < -0.39 is 18.0 Å². The molecule has 1 aromatic rings. The maximum absolute atomic E-state index is 11.7. The first kappa shape index (κ1) is 14.3. The maximum Gasteiger partial charge on any atom is 0.354 e. The zero-order valence-electron chi connectivity index (χ0n) is 10.7. The van der Waals surface area contributed by atoms with Crippen molar-refractivity contribution in [3.05, 3.63) is 29.3 Å². The molecule has 0 aliphatic carbocycles. The van der Waals surface area contributed by atoms with Gasteiger partial charge in [0.05, 0.1) is 17.3 Å². The molecule has 1 aliphatic rings. The van der Waals surface area contributed by atoms with Crippen molar-refractivity contribution in [2.75, 3.05) is 11.6 Å². The van der Waals surface area contributed by atoms with Gasteiger partial charge in [-0.25, -0.2) is 14.6 Å². The van der Waals surface area contributed by atoms with Gasteiger partial charge >= 0.3 is 11.9 Å². The Kier molecular flexibility index (Phi) is 4.24. The van der Waals surface area contributed by atoms with E-state index in [9.17, 15) is 14.7 Å². The van der Waals surface area contributed by atoms with E-state index >= 15 is 0 Å². The fourth-order valence-electron chi connectivity index (χ4n) is 1.90. The van der Waals surface area contributed by atoms with Crippen LogP contribution in [0.5, 0.6) is 0 Å². The molecule has 0 radical (unpaired) electrons. The number of esters is 1. The average Bonchev–Trinajstić information content (AvgIpc) is 2.84. The molecule has 1 heterocycles. The number of halogens is 1. The molecular formula is C13H13ClN2O4. The van der Waals surface area contributed by atoms with E-state index in [0.29, 0.717) is 10.7 Å². The number of rotatable bonds is 4. The summed E-state index contributed by atoms with van der Waals surface area (Å²) >= 11 is 6.04. The number of anilines is 1. The van der Waals surface area contributed by atoms with Gasteiger partial charge in [0, 0.05) is 6.42 Å². The Morgan fingerprint density at radius 2 is 2.20 bits per heavy atom. The van der Waals surface area contributed by atoms with Gasteiger partial charge in [-0.2, -0.15) is 5.10 Å². The average molecular weight is 297 g/mol. The third-order valence-corrected chi connectivity index (χ3v) is 3.13. The molecule has 1 unspecified atom stereocenters. The number of nitrogens with zero attached hydrogens (tertiary/aromatic N) is 2. The van der Waals surface area contributed by atoms with Gasteiger partial charge in [0.15, 0.2) is 6.04 Å². The Hall–Kier alpha value is -2.08. The van der Waals surface area contributed by atoms with Crippen molar-refractivity contribution >= 4 is 34.9 Å². The molecule has 0 saturated carbocycles. The summed E-state index contributed by atoms with van der Waals surface area (Å²) in [6, 6.07) is 5.77. The summed E-state index contributed by atoms with van der Waals surface area (Å²) in [5.74, 6) is -1.68. The van der Waals surface area contributed by atoms with Crippen molar-refractivity contribution in [2.24, 2.45) is 5.10 Å². The van der Waals surface area contributed by atoms with Crippen molar-refractivity contribution in [1.29, 1.82) is 0 Å². The first-order chi connectivity index (χ1) is 9.54. The Morgan fingerprint density at radius 1 is 1.50 bits per heavy atom. The number of para-hydroxylation sites is 1. The number of hydrogen-bond donors (Lipinski definition) is 1. The molecule has 2 rings (SSSR count). The first-order valence-corrected chi connectivity index (χ1v) is 6.43. The van der Waals surface area contributed by atoms with Crippen LogP contribution < -0.4 is 5.01 Å². The lowest BCUT2D eigenvalue weighted by Crippen LogP contribution is -2.34. The zero-order valence-corrected chi connectivity index (χ0v) is 11.5. The SMILES string of the molecule is CCOC(=O)C1=NN(c2ccccc2Cl)C(C(=O)O)C1. The number of ether oxygens (including phenoxy) is 1. The number of carboxylic acid groups (broad SMARTS) is 1. The van der Waals surface area contributed by atoms with E-state index in [-0.39, 0.29) is 18.7 Å². The minimum atomic E-state index is -1.08. The normalized spacial score (nSPS) is 17.8. The largest absolute Gasteiger partial charge is 0.480 e. The monoisotopic (exact) mass is 296 g/mol. The number of hydrazone groups is 1. The van der Waals surface area contributed by atoms with Crippen LogP contribution in [-0.2, 0) is 14.3 Å². The quantitative estimate of drug-likeness (QED) is 0.859. The van der Waals surface area contributed by atoms with Crippen LogP contribution in [0, 0.1) is 0 Å². The highest BCUT2D eigenvalue weighted by atomic mass is 35.5. The van der Waals surface area contributed by atoms with Crippen molar-refractivity contribution in [3.63, 3.8) is 0 Å². The van der Waals surface area contributed by atoms with Gasteiger partial charge in [-0.1, -0.05) is 23.7 Å². The number of hydrogen-bond acceptors (Lipinski definition) is 5. The van der Waals surface area contributed by atoms with E-state index in [4.69, 9.17) is 16.3 Å². The molecule has 7 heteroatoms. The molecule has 0 saturated heterocycles. The summed E-state index contributed by atoms with van der Waals surface area (Å²) in [5.41, 5.74) is 0.528. The molecule has 0 bridgehead atoms. The second-order valence-corrected chi connectivity index (χ2v) is 4.53. The van der Waals surface area contributed by atoms with E-state index in [2.05, 4.69) is 5.10 Å². The molecule has 1 atom stereocenters. The zero-order chi connectivity index (χ0) is 14.7. The van der Waals surface area contributed by atoms with Crippen LogP contribution in [0.1, 0.15) is 13.3 Å². The highest BCUT2D eigenvalue weighted by Crippen LogP contribution is 2.31. The van der Waals surface area contributed by atoms with Crippen LogP contribution in [0.3, 0.4) is 0 Å². The molecule has 0 fully saturated rings. The molecule has 1 N–H and O–H groups in total. The van der Waals surface area contributed by atoms with Crippen molar-refractivity contribution in [3.8, 4) is 0 Å². The molecule has 0 amide bonds. The predicted octanol–water partition coefficient (Wildman–Crippen LogP) is 1.92. The summed E-state index contributed by atoms with van der Waals surface area (Å²) in [6.45, 7) is 1.88. The predicted molar refractivity (Wildman–Crippen MR) is 74.0 cm³/mol. The molecule has 20 heavy (non-hydrogen) atoms. The number of aliphatic carboxylic acids is 1. The second-order valence-electron chi connectivity index (χ2n) is 4.12. The fraction of sp³-hybridized carbons (Fsp3) is 0.308. The van der Waals surface area contributed by atoms with Gasteiger partial charge < -0.3 is 9.84 Å². The third-order valence-electron chi connectivity index (χ3n) is 2.81. The van der Waals surface area contributed by atoms with Crippen LogP contribution in [0.25, 0.3) is 0 Å². The Labute approximate surface area is 120 Å². The summed E-state index contributed by atoms with van der Waals surface area (Å²) in [4.78, 5) is 23.0. The standard InChI is InChI=1S/C13H13ClN2O4/c1-2-20-13(19)9-7-11(12(17)18)16(15-9)10-6-4-3-5-8(10)14/h3-6,11H,2,7H2,1H3,(H,17,18). The molecular weight excluding hydrogens is 284 g/mol. The van der Waals surface area contributed by atoms with E-state index in [1.807, 2.05) is 0 Å². The summed E-state index contributed by atoms with van der Waals surface area (Å²) < 4.78 is 4.85. The lowest BCUT2D eigenvalue weighted by atomic mass is 10.1. The summed E-state index contributed by atoms with van der Waals surface area (Å²) in [7, 11) is 0. The van der Waals surface area contributed by atoms with Gasteiger partial charge in [-0.15, -0.1) is 0 Å². The van der Waals surface area contributed by atoms with Crippen LogP contribution in [-0.4, -0.2) is 35.4 Å². The number of carbonyl (C=O) groups excluding carboxylic acids is 1. The maximum atomic E-state index is 11.7. The number of benzene rings is 1. The van der Waals surface area contributed by atoms with Crippen molar-refractivity contribution in [1.82, 2.24) is 0 Å². The molecule has 1 aliphatic heterocycles. The first-order valence-electron chi connectivity index (χ1n) is 6.05. The second kappa shape index (κ2) is 5.92. The molecule has 1 aromatic carbocycles. The number of carbonyl (C=O) groups is 2. The smallest absolute Gasteiger partial charge is 0.354 e. The Balaban J connectivity index is 2.35. The number of carboxylic acids is 1. The van der Waals surface area contributed by atoms with Crippen LogP contribution in [0.15, 0.2) is 29.4 Å². The Morgan fingerprint density at radius 3 is 2.80 bits per heavy atom. The molecule has 0 spiro atoms. The van der Waals surface area contributed by atoms with E-state index in [1.165, 1.54) is 5.01 Å². The van der Waals surface area contributed by atoms with Gasteiger partial charge in [0.2, 0.25) is 0 Å². The topological polar surface area (TPSA) is 79.2 Å². The molecule has 0 aromatic heterocycles. The van der Waals surface area contributed by atoms with Crippen LogP contribution >= 0.6 is 11.6 Å². The highest BCUT2D eigenvalue weighted by Gasteiger charge is 2.37. The molecule has 6 nitrogen and oxygen atoms in total. The minimum Gasteiger partial charge on any atom is -0.480 e. The van der Waals surface area contributed by atoms with E-state index in [1.54, 1.807) is 31.2 Å². The lowest BCUT2D eigenvalue weighted by molar-refractivity contribution is -0.138. The van der Waals surface area contributed by atoms with Crippen LogP contribution in [0.4, 0.5) is 5.69 Å². The third kappa shape index (κ3) is 2.75.